The Kier molecular flexibility index (Phi) is 4.88. The number of fused-ring (bicyclic) bond motifs is 1. The van der Waals surface area contributed by atoms with Gasteiger partial charge in [-0.15, -0.1) is 0 Å². The molecule has 7 heteroatoms. The van der Waals surface area contributed by atoms with Crippen LogP contribution in [0.3, 0.4) is 0 Å². The molecule has 0 bridgehead atoms. The van der Waals surface area contributed by atoms with Crippen LogP contribution < -0.4 is 5.32 Å². The third-order valence-electron chi connectivity index (χ3n) is 4.13. The first-order valence-electron chi connectivity index (χ1n) is 8.65. The van der Waals surface area contributed by atoms with Crippen LogP contribution in [0.5, 0.6) is 0 Å². The molecule has 0 spiro atoms. The molecule has 3 heterocycles. The lowest BCUT2D eigenvalue weighted by Crippen LogP contribution is -2.23. The van der Waals surface area contributed by atoms with E-state index >= 15 is 0 Å². The molecule has 0 radical (unpaired) electrons. The fraction of sp³-hybridized carbons (Fsp3) is 0.0476. The highest BCUT2D eigenvalue weighted by Gasteiger charge is 2.11. The van der Waals surface area contributed by atoms with Crippen LogP contribution in [-0.4, -0.2) is 26.1 Å². The van der Waals surface area contributed by atoms with E-state index in [1.807, 2.05) is 12.1 Å². The van der Waals surface area contributed by atoms with Gasteiger partial charge in [-0.3, -0.25) is 14.9 Å². The zero-order chi connectivity index (χ0) is 19.3. The number of hydrogen-bond acceptors (Lipinski definition) is 4. The van der Waals surface area contributed by atoms with Gasteiger partial charge in [-0.1, -0.05) is 24.3 Å². The molecule has 1 amide bonds. The maximum absolute atomic E-state index is 13.3. The lowest BCUT2D eigenvalue weighted by atomic mass is 10.2. The van der Waals surface area contributed by atoms with Gasteiger partial charge in [0, 0.05) is 18.9 Å². The van der Waals surface area contributed by atoms with Crippen LogP contribution in [-0.2, 0) is 6.54 Å². The van der Waals surface area contributed by atoms with E-state index in [9.17, 15) is 9.18 Å². The van der Waals surface area contributed by atoms with Crippen molar-refractivity contribution in [3.63, 3.8) is 0 Å². The lowest BCUT2D eigenvalue weighted by Gasteiger charge is -2.04. The number of rotatable bonds is 5. The average molecular weight is 373 g/mol. The second-order valence-electron chi connectivity index (χ2n) is 6.13. The van der Waals surface area contributed by atoms with Gasteiger partial charge in [0.15, 0.2) is 0 Å². The first kappa shape index (κ1) is 17.5. The number of amides is 1. The molecule has 2 N–H and O–H groups in total. The van der Waals surface area contributed by atoms with E-state index in [4.69, 9.17) is 0 Å². The second kappa shape index (κ2) is 7.79. The van der Waals surface area contributed by atoms with Gasteiger partial charge in [0.05, 0.1) is 5.52 Å². The molecule has 0 aliphatic carbocycles. The van der Waals surface area contributed by atoms with E-state index in [0.29, 0.717) is 28.8 Å². The fourth-order valence-electron chi connectivity index (χ4n) is 2.72. The van der Waals surface area contributed by atoms with Gasteiger partial charge >= 0.3 is 0 Å². The van der Waals surface area contributed by atoms with E-state index in [-0.39, 0.29) is 17.4 Å². The highest BCUT2D eigenvalue weighted by molar-refractivity contribution is 5.95. The molecule has 6 nitrogen and oxygen atoms in total. The van der Waals surface area contributed by atoms with E-state index < -0.39 is 0 Å². The number of carbonyl (C=O) groups is 1. The zero-order valence-electron chi connectivity index (χ0n) is 14.8. The summed E-state index contributed by atoms with van der Waals surface area (Å²) in [5, 5.41) is 9.92. The molecular weight excluding hydrogens is 357 g/mol. The van der Waals surface area contributed by atoms with Gasteiger partial charge in [0.1, 0.15) is 22.7 Å². The summed E-state index contributed by atoms with van der Waals surface area (Å²) in [4.78, 5) is 20.9. The number of pyridine rings is 2. The summed E-state index contributed by atoms with van der Waals surface area (Å²) >= 11 is 0. The predicted molar refractivity (Wildman–Crippen MR) is 105 cm³/mol. The molecular formula is C21H16FN5O. The van der Waals surface area contributed by atoms with E-state index in [0.717, 1.165) is 5.56 Å². The van der Waals surface area contributed by atoms with Gasteiger partial charge in [0.2, 0.25) is 0 Å². The normalized spacial score (nSPS) is 11.2. The molecule has 1 aromatic carbocycles. The zero-order valence-corrected chi connectivity index (χ0v) is 14.8. The SMILES string of the molecule is O=C(NCc1cccnc1)c1ccc2[nH]nc(/C=C/c3cccc(F)c3)c2n1. The molecule has 3 aromatic heterocycles. The Morgan fingerprint density at radius 3 is 2.89 bits per heavy atom. The minimum Gasteiger partial charge on any atom is -0.347 e. The Balaban J connectivity index is 1.54. The highest BCUT2D eigenvalue weighted by atomic mass is 19.1. The van der Waals surface area contributed by atoms with Crippen molar-refractivity contribution in [2.24, 2.45) is 0 Å². The Morgan fingerprint density at radius 1 is 1.14 bits per heavy atom. The number of aromatic nitrogens is 4. The molecule has 28 heavy (non-hydrogen) atoms. The van der Waals surface area contributed by atoms with Crippen LogP contribution >= 0.6 is 0 Å². The largest absolute Gasteiger partial charge is 0.347 e. The summed E-state index contributed by atoms with van der Waals surface area (Å²) in [6.45, 7) is 0.365. The Bertz CT molecular complexity index is 1150. The Labute approximate surface area is 160 Å². The lowest BCUT2D eigenvalue weighted by molar-refractivity contribution is 0.0946. The van der Waals surface area contributed by atoms with Crippen molar-refractivity contribution in [2.45, 2.75) is 6.54 Å². The van der Waals surface area contributed by atoms with E-state index in [1.165, 1.54) is 12.1 Å². The molecule has 4 aromatic rings. The van der Waals surface area contributed by atoms with Gasteiger partial charge in [-0.05, 0) is 47.5 Å². The number of carbonyl (C=O) groups excluding carboxylic acids is 1. The molecule has 0 aliphatic heterocycles. The molecule has 4 rings (SSSR count). The summed E-state index contributed by atoms with van der Waals surface area (Å²) < 4.78 is 13.3. The molecule has 0 fully saturated rings. The number of nitrogens with zero attached hydrogens (tertiary/aromatic N) is 3. The second-order valence-corrected chi connectivity index (χ2v) is 6.13. The van der Waals surface area contributed by atoms with Crippen LogP contribution in [0.25, 0.3) is 23.2 Å². The van der Waals surface area contributed by atoms with Crippen LogP contribution in [0.1, 0.15) is 27.3 Å². The van der Waals surface area contributed by atoms with Crippen molar-refractivity contribution in [2.75, 3.05) is 0 Å². The molecule has 0 unspecified atom stereocenters. The number of H-pyrrole nitrogens is 1. The van der Waals surface area contributed by atoms with Crippen LogP contribution in [0.15, 0.2) is 60.9 Å². The number of benzene rings is 1. The topological polar surface area (TPSA) is 83.6 Å². The maximum Gasteiger partial charge on any atom is 0.270 e. The molecule has 0 atom stereocenters. The van der Waals surface area contributed by atoms with Crippen molar-refractivity contribution in [1.82, 2.24) is 25.5 Å². The van der Waals surface area contributed by atoms with Crippen molar-refractivity contribution >= 4 is 29.1 Å². The summed E-state index contributed by atoms with van der Waals surface area (Å²) in [5.41, 5.74) is 3.75. The summed E-state index contributed by atoms with van der Waals surface area (Å²) in [7, 11) is 0. The minimum atomic E-state index is -0.306. The van der Waals surface area contributed by atoms with Crippen LogP contribution in [0.4, 0.5) is 4.39 Å². The van der Waals surface area contributed by atoms with Gasteiger partial charge in [-0.2, -0.15) is 5.10 Å². The van der Waals surface area contributed by atoms with Crippen molar-refractivity contribution in [3.05, 3.63) is 89.3 Å². The quantitative estimate of drug-likeness (QED) is 0.560. The Morgan fingerprint density at radius 2 is 2.07 bits per heavy atom. The summed E-state index contributed by atoms with van der Waals surface area (Å²) in [6.07, 6.45) is 6.86. The first-order valence-corrected chi connectivity index (χ1v) is 8.65. The number of nitrogens with one attached hydrogen (secondary N) is 2. The van der Waals surface area contributed by atoms with Crippen molar-refractivity contribution in [3.8, 4) is 0 Å². The summed E-state index contributed by atoms with van der Waals surface area (Å²) in [6, 6.07) is 13.3. The fourth-order valence-corrected chi connectivity index (χ4v) is 2.72. The third kappa shape index (κ3) is 3.93. The monoisotopic (exact) mass is 373 g/mol. The molecule has 0 aliphatic rings. The van der Waals surface area contributed by atoms with E-state index in [2.05, 4.69) is 25.5 Å². The molecule has 0 saturated carbocycles. The molecule has 138 valence electrons. The molecule has 0 saturated heterocycles. The standard InChI is InChI=1S/C21H16FN5O/c22-16-5-1-3-14(11-16)6-7-17-20-18(27-26-17)8-9-19(25-20)21(28)24-13-15-4-2-10-23-12-15/h1-12H,13H2,(H,24,28)(H,26,27)/b7-6+. The van der Waals surface area contributed by atoms with E-state index in [1.54, 1.807) is 48.8 Å². The summed E-state index contributed by atoms with van der Waals surface area (Å²) in [5.74, 6) is -0.591. The number of hydrogen-bond donors (Lipinski definition) is 2. The van der Waals surface area contributed by atoms with Crippen LogP contribution in [0, 0.1) is 5.82 Å². The smallest absolute Gasteiger partial charge is 0.270 e. The maximum atomic E-state index is 13.3. The minimum absolute atomic E-state index is 0.285. The van der Waals surface area contributed by atoms with Crippen molar-refractivity contribution < 1.29 is 9.18 Å². The van der Waals surface area contributed by atoms with Crippen LogP contribution in [0.2, 0.25) is 0 Å². The van der Waals surface area contributed by atoms with Gasteiger partial charge in [0.25, 0.3) is 5.91 Å². The number of halogens is 1. The number of aromatic amines is 1. The predicted octanol–water partition coefficient (Wildman–Crippen LogP) is 3.59. The van der Waals surface area contributed by atoms with Gasteiger partial charge < -0.3 is 5.32 Å². The van der Waals surface area contributed by atoms with Crippen molar-refractivity contribution in [1.29, 1.82) is 0 Å². The Hall–Kier alpha value is -3.87. The highest BCUT2D eigenvalue weighted by Crippen LogP contribution is 2.17. The first-order chi connectivity index (χ1) is 13.7. The van der Waals surface area contributed by atoms with Gasteiger partial charge in [-0.25, -0.2) is 9.37 Å². The average Bonchev–Trinajstić information content (AvgIpc) is 3.13. The third-order valence-corrected chi connectivity index (χ3v) is 4.13.